The van der Waals surface area contributed by atoms with Crippen molar-refractivity contribution in [2.75, 3.05) is 6.54 Å². The second kappa shape index (κ2) is 5.93. The summed E-state index contributed by atoms with van der Waals surface area (Å²) in [4.78, 5) is 0. The third-order valence-corrected chi connectivity index (χ3v) is 3.37. The van der Waals surface area contributed by atoms with Gasteiger partial charge in [0.1, 0.15) is 11.5 Å². The Morgan fingerprint density at radius 3 is 2.19 bits per heavy atom. The highest BCUT2D eigenvalue weighted by Gasteiger charge is 2.30. The van der Waals surface area contributed by atoms with Gasteiger partial charge in [-0.3, -0.25) is 0 Å². The van der Waals surface area contributed by atoms with Crippen molar-refractivity contribution < 1.29 is 17.6 Å². The van der Waals surface area contributed by atoms with Gasteiger partial charge in [-0.05, 0) is 44.2 Å². The van der Waals surface area contributed by atoms with E-state index in [1.165, 1.54) is 12.1 Å². The summed E-state index contributed by atoms with van der Waals surface area (Å²) in [5.74, 6) is 1.57. The number of hydrogen-bond donors (Lipinski definition) is 1. The molecule has 21 heavy (non-hydrogen) atoms. The topological polar surface area (TPSA) is 25.2 Å². The van der Waals surface area contributed by atoms with Crippen LogP contribution < -0.4 is 5.32 Å². The van der Waals surface area contributed by atoms with Crippen molar-refractivity contribution in [3.63, 3.8) is 0 Å². The molecule has 5 heteroatoms. The summed E-state index contributed by atoms with van der Waals surface area (Å²) in [6.07, 6.45) is -4.31. The van der Waals surface area contributed by atoms with Crippen LogP contribution in [-0.2, 0) is 6.18 Å². The molecule has 0 bridgehead atoms. The van der Waals surface area contributed by atoms with Gasteiger partial charge in [-0.1, -0.05) is 19.1 Å². The number of halogens is 3. The summed E-state index contributed by atoms with van der Waals surface area (Å²) in [5.41, 5.74) is 1.10. The Morgan fingerprint density at radius 2 is 1.76 bits per heavy atom. The number of hydrogen-bond acceptors (Lipinski definition) is 2. The second-order valence-corrected chi connectivity index (χ2v) is 4.98. The summed E-state index contributed by atoms with van der Waals surface area (Å²) in [6, 6.07) is 7.00. The van der Waals surface area contributed by atoms with Crippen molar-refractivity contribution in [1.29, 1.82) is 0 Å². The van der Waals surface area contributed by atoms with E-state index < -0.39 is 11.7 Å². The predicted octanol–water partition coefficient (Wildman–Crippen LogP) is 4.61. The van der Waals surface area contributed by atoms with Crippen molar-refractivity contribution in [2.24, 2.45) is 0 Å². The lowest BCUT2D eigenvalue weighted by Gasteiger charge is -2.18. The van der Waals surface area contributed by atoms with Crippen LogP contribution >= 0.6 is 0 Å². The van der Waals surface area contributed by atoms with E-state index in [2.05, 4.69) is 5.32 Å². The zero-order valence-corrected chi connectivity index (χ0v) is 12.2. The summed E-state index contributed by atoms with van der Waals surface area (Å²) in [7, 11) is 0. The highest BCUT2D eigenvalue weighted by Crippen LogP contribution is 2.32. The molecular weight excluding hydrogens is 279 g/mol. The zero-order valence-electron chi connectivity index (χ0n) is 12.2. The maximum Gasteiger partial charge on any atom is 0.416 e. The fourth-order valence-electron chi connectivity index (χ4n) is 2.41. The number of rotatable bonds is 4. The quantitative estimate of drug-likeness (QED) is 0.891. The lowest BCUT2D eigenvalue weighted by Crippen LogP contribution is -2.22. The van der Waals surface area contributed by atoms with Crippen LogP contribution in [0.5, 0.6) is 0 Å². The SMILES string of the molecule is CCNC(c1ccc(C(F)(F)F)cc1)c1cc(C)oc1C. The average molecular weight is 297 g/mol. The van der Waals surface area contributed by atoms with Crippen LogP contribution in [0.15, 0.2) is 34.7 Å². The van der Waals surface area contributed by atoms with Crippen molar-refractivity contribution in [3.8, 4) is 0 Å². The Hall–Kier alpha value is -1.75. The van der Waals surface area contributed by atoms with Gasteiger partial charge in [0.15, 0.2) is 0 Å². The Balaban J connectivity index is 2.37. The van der Waals surface area contributed by atoms with Gasteiger partial charge < -0.3 is 9.73 Å². The Kier molecular flexibility index (Phi) is 4.42. The van der Waals surface area contributed by atoms with Crippen LogP contribution in [0.2, 0.25) is 0 Å². The van der Waals surface area contributed by atoms with Crippen molar-refractivity contribution in [3.05, 3.63) is 58.5 Å². The summed E-state index contributed by atoms with van der Waals surface area (Å²) in [5, 5.41) is 3.29. The molecule has 1 aromatic heterocycles. The molecule has 0 saturated heterocycles. The standard InChI is InChI=1S/C16H18F3NO/c1-4-20-15(14-9-10(2)21-11(14)3)12-5-7-13(8-6-12)16(17,18)19/h5-9,15,20H,4H2,1-3H3. The van der Waals surface area contributed by atoms with E-state index in [0.717, 1.165) is 34.8 Å². The molecule has 0 amide bonds. The van der Waals surface area contributed by atoms with Gasteiger partial charge in [-0.25, -0.2) is 0 Å². The molecule has 0 aliphatic heterocycles. The molecule has 2 aromatic rings. The van der Waals surface area contributed by atoms with E-state index in [1.807, 2.05) is 26.8 Å². The molecule has 0 fully saturated rings. The van der Waals surface area contributed by atoms with Gasteiger partial charge in [-0.2, -0.15) is 13.2 Å². The van der Waals surface area contributed by atoms with Gasteiger partial charge in [-0.15, -0.1) is 0 Å². The van der Waals surface area contributed by atoms with E-state index >= 15 is 0 Å². The minimum absolute atomic E-state index is 0.172. The maximum atomic E-state index is 12.6. The van der Waals surface area contributed by atoms with E-state index in [4.69, 9.17) is 4.42 Å². The van der Waals surface area contributed by atoms with E-state index in [9.17, 15) is 13.2 Å². The molecule has 114 valence electrons. The van der Waals surface area contributed by atoms with Gasteiger partial charge in [0.05, 0.1) is 11.6 Å². The van der Waals surface area contributed by atoms with E-state index in [0.29, 0.717) is 6.54 Å². The van der Waals surface area contributed by atoms with Crippen molar-refractivity contribution in [1.82, 2.24) is 5.32 Å². The van der Waals surface area contributed by atoms with Gasteiger partial charge in [0.25, 0.3) is 0 Å². The van der Waals surface area contributed by atoms with Crippen LogP contribution in [0.4, 0.5) is 13.2 Å². The first-order chi connectivity index (χ1) is 9.82. The van der Waals surface area contributed by atoms with Gasteiger partial charge in [0, 0.05) is 5.56 Å². The molecule has 1 N–H and O–H groups in total. The van der Waals surface area contributed by atoms with Crippen LogP contribution in [-0.4, -0.2) is 6.54 Å². The molecule has 0 aliphatic rings. The lowest BCUT2D eigenvalue weighted by atomic mass is 9.97. The number of nitrogens with one attached hydrogen (secondary N) is 1. The number of alkyl halides is 3. The first kappa shape index (κ1) is 15.6. The molecule has 0 aliphatic carbocycles. The molecule has 1 unspecified atom stereocenters. The monoisotopic (exact) mass is 297 g/mol. The Bertz CT molecular complexity index is 599. The second-order valence-electron chi connectivity index (χ2n) is 4.98. The number of aryl methyl sites for hydroxylation is 2. The fraction of sp³-hybridized carbons (Fsp3) is 0.375. The molecule has 2 nitrogen and oxygen atoms in total. The smallest absolute Gasteiger partial charge is 0.416 e. The third kappa shape index (κ3) is 3.47. The summed E-state index contributed by atoms with van der Waals surface area (Å²) < 4.78 is 43.4. The molecule has 1 heterocycles. The zero-order chi connectivity index (χ0) is 15.6. The van der Waals surface area contributed by atoms with Gasteiger partial charge >= 0.3 is 6.18 Å². The molecule has 1 aromatic carbocycles. The normalized spacial score (nSPS) is 13.4. The fourth-order valence-corrected chi connectivity index (χ4v) is 2.41. The van der Waals surface area contributed by atoms with Crippen molar-refractivity contribution in [2.45, 2.75) is 33.0 Å². The summed E-state index contributed by atoms with van der Waals surface area (Å²) >= 11 is 0. The Morgan fingerprint density at radius 1 is 1.14 bits per heavy atom. The minimum atomic E-state index is -4.31. The van der Waals surface area contributed by atoms with E-state index in [1.54, 1.807) is 0 Å². The molecule has 0 radical (unpaired) electrons. The van der Waals surface area contributed by atoms with Crippen molar-refractivity contribution >= 4 is 0 Å². The van der Waals surface area contributed by atoms with Crippen LogP contribution in [0.25, 0.3) is 0 Å². The van der Waals surface area contributed by atoms with Gasteiger partial charge in [0.2, 0.25) is 0 Å². The average Bonchev–Trinajstić information content (AvgIpc) is 2.74. The third-order valence-electron chi connectivity index (χ3n) is 3.37. The number of furan rings is 1. The molecule has 0 saturated carbocycles. The summed E-state index contributed by atoms with van der Waals surface area (Å²) in [6.45, 7) is 6.37. The predicted molar refractivity (Wildman–Crippen MR) is 75.1 cm³/mol. The first-order valence-corrected chi connectivity index (χ1v) is 6.80. The Labute approximate surface area is 122 Å². The number of benzene rings is 1. The molecular formula is C16H18F3NO. The largest absolute Gasteiger partial charge is 0.466 e. The van der Waals surface area contributed by atoms with Crippen LogP contribution in [0, 0.1) is 13.8 Å². The highest BCUT2D eigenvalue weighted by molar-refractivity contribution is 5.36. The lowest BCUT2D eigenvalue weighted by molar-refractivity contribution is -0.137. The van der Waals surface area contributed by atoms with E-state index in [-0.39, 0.29) is 6.04 Å². The molecule has 0 spiro atoms. The molecule has 2 rings (SSSR count). The maximum absolute atomic E-state index is 12.6. The highest BCUT2D eigenvalue weighted by atomic mass is 19.4. The molecule has 1 atom stereocenters. The first-order valence-electron chi connectivity index (χ1n) is 6.80. The van der Waals surface area contributed by atoms with Crippen LogP contribution in [0.3, 0.4) is 0 Å². The van der Waals surface area contributed by atoms with Crippen LogP contribution in [0.1, 0.15) is 41.2 Å². The minimum Gasteiger partial charge on any atom is -0.466 e.